The van der Waals surface area contributed by atoms with E-state index in [1.165, 1.54) is 0 Å². The number of carbonyl (C=O) groups is 2. The van der Waals surface area contributed by atoms with Crippen LogP contribution in [0.15, 0.2) is 30.3 Å². The number of benzene rings is 1. The largest absolute Gasteiger partial charge is 0.480 e. The standard InChI is InChI=1S/C16H22ClNO3/c1-12(2)11-14(16(20)21)18(17)15(19)10-6-9-13-7-4-3-5-8-13/h3-5,7-8,12,14H,6,9-11H2,1-2H3,(H,20,21)/t14-/m0/s1. The highest BCUT2D eigenvalue weighted by atomic mass is 35.5. The molecule has 0 heterocycles. The molecule has 0 fully saturated rings. The van der Waals surface area contributed by atoms with Crippen LogP contribution in [0.5, 0.6) is 0 Å². The van der Waals surface area contributed by atoms with Crippen LogP contribution in [0.2, 0.25) is 0 Å². The highest BCUT2D eigenvalue weighted by Crippen LogP contribution is 2.17. The van der Waals surface area contributed by atoms with Gasteiger partial charge in [0.2, 0.25) is 5.91 Å². The average molecular weight is 312 g/mol. The van der Waals surface area contributed by atoms with Gasteiger partial charge in [0.15, 0.2) is 0 Å². The van der Waals surface area contributed by atoms with E-state index in [2.05, 4.69) is 0 Å². The van der Waals surface area contributed by atoms with Crippen molar-refractivity contribution in [3.05, 3.63) is 35.9 Å². The summed E-state index contributed by atoms with van der Waals surface area (Å²) in [5, 5.41) is 9.17. The first-order valence-electron chi connectivity index (χ1n) is 7.16. The Morgan fingerprint density at radius 3 is 2.38 bits per heavy atom. The van der Waals surface area contributed by atoms with E-state index >= 15 is 0 Å². The lowest BCUT2D eigenvalue weighted by Gasteiger charge is -2.23. The zero-order valence-electron chi connectivity index (χ0n) is 12.5. The normalized spacial score (nSPS) is 12.2. The zero-order valence-corrected chi connectivity index (χ0v) is 13.2. The quantitative estimate of drug-likeness (QED) is 0.748. The Hall–Kier alpha value is -1.55. The van der Waals surface area contributed by atoms with Crippen molar-refractivity contribution in [1.82, 2.24) is 4.42 Å². The Morgan fingerprint density at radius 1 is 1.24 bits per heavy atom. The van der Waals surface area contributed by atoms with Gasteiger partial charge in [0.05, 0.1) is 0 Å². The van der Waals surface area contributed by atoms with Crippen molar-refractivity contribution < 1.29 is 14.7 Å². The molecule has 21 heavy (non-hydrogen) atoms. The lowest BCUT2D eigenvalue weighted by molar-refractivity contribution is -0.146. The van der Waals surface area contributed by atoms with E-state index in [-0.39, 0.29) is 18.2 Å². The molecular weight excluding hydrogens is 290 g/mol. The Morgan fingerprint density at radius 2 is 1.86 bits per heavy atom. The SMILES string of the molecule is CC(C)C[C@@H](C(=O)O)N(Cl)C(=O)CCCc1ccccc1. The maximum absolute atomic E-state index is 12.0. The summed E-state index contributed by atoms with van der Waals surface area (Å²) in [7, 11) is 0. The Bertz CT molecular complexity index is 462. The second-order valence-electron chi connectivity index (χ2n) is 5.53. The molecule has 0 saturated carbocycles. The number of hydrogen-bond donors (Lipinski definition) is 1. The predicted octanol–water partition coefficient (Wildman–Crippen LogP) is 3.49. The summed E-state index contributed by atoms with van der Waals surface area (Å²) in [5.74, 6) is -1.24. The van der Waals surface area contributed by atoms with Crippen LogP contribution >= 0.6 is 11.8 Å². The molecular formula is C16H22ClNO3. The molecule has 0 aromatic heterocycles. The van der Waals surface area contributed by atoms with Gasteiger partial charge in [-0.25, -0.2) is 9.21 Å². The first-order chi connectivity index (χ1) is 9.91. The predicted molar refractivity (Wildman–Crippen MR) is 83.0 cm³/mol. The smallest absolute Gasteiger partial charge is 0.327 e. The van der Waals surface area contributed by atoms with Crippen LogP contribution < -0.4 is 0 Å². The third kappa shape index (κ3) is 6.17. The molecule has 1 aromatic carbocycles. The molecule has 0 aliphatic carbocycles. The molecule has 4 nitrogen and oxygen atoms in total. The monoisotopic (exact) mass is 311 g/mol. The lowest BCUT2D eigenvalue weighted by atomic mass is 10.0. The number of nitrogens with zero attached hydrogens (tertiary/aromatic N) is 1. The van der Waals surface area contributed by atoms with Gasteiger partial charge in [-0.05, 0) is 30.7 Å². The van der Waals surface area contributed by atoms with Crippen LogP contribution in [0, 0.1) is 5.92 Å². The number of rotatable bonds is 8. The Labute approximate surface area is 130 Å². The van der Waals surface area contributed by atoms with Crippen LogP contribution in [0.4, 0.5) is 0 Å². The van der Waals surface area contributed by atoms with Gasteiger partial charge in [0.25, 0.3) is 0 Å². The number of carbonyl (C=O) groups excluding carboxylic acids is 1. The molecule has 0 aliphatic rings. The molecule has 5 heteroatoms. The van der Waals surface area contributed by atoms with Crippen LogP contribution in [-0.4, -0.2) is 27.4 Å². The minimum atomic E-state index is -1.06. The minimum Gasteiger partial charge on any atom is -0.480 e. The van der Waals surface area contributed by atoms with Crippen LogP contribution in [0.25, 0.3) is 0 Å². The fourth-order valence-electron chi connectivity index (χ4n) is 2.11. The van der Waals surface area contributed by atoms with E-state index in [1.807, 2.05) is 44.2 Å². The summed E-state index contributed by atoms with van der Waals surface area (Å²) < 4.78 is 0.854. The van der Waals surface area contributed by atoms with Crippen molar-refractivity contribution in [2.45, 2.75) is 45.6 Å². The third-order valence-corrected chi connectivity index (χ3v) is 3.61. The summed E-state index contributed by atoms with van der Waals surface area (Å²) in [6, 6.07) is 8.89. The Kier molecular flexibility index (Phi) is 7.23. The van der Waals surface area contributed by atoms with Gasteiger partial charge in [-0.3, -0.25) is 4.79 Å². The second kappa shape index (κ2) is 8.67. The number of carboxylic acid groups (broad SMARTS) is 1. The summed E-state index contributed by atoms with van der Waals surface area (Å²) in [6.45, 7) is 3.81. The molecule has 1 aromatic rings. The summed E-state index contributed by atoms with van der Waals surface area (Å²) in [4.78, 5) is 23.2. The van der Waals surface area contributed by atoms with E-state index in [1.54, 1.807) is 0 Å². The third-order valence-electron chi connectivity index (χ3n) is 3.19. The number of aliphatic carboxylic acids is 1. The zero-order chi connectivity index (χ0) is 15.8. The van der Waals surface area contributed by atoms with Crippen LogP contribution in [-0.2, 0) is 16.0 Å². The van der Waals surface area contributed by atoms with Crippen molar-refractivity contribution in [1.29, 1.82) is 0 Å². The molecule has 1 N–H and O–H groups in total. The van der Waals surface area contributed by atoms with Gasteiger partial charge >= 0.3 is 5.97 Å². The van der Waals surface area contributed by atoms with Crippen molar-refractivity contribution in [2.75, 3.05) is 0 Å². The highest BCUT2D eigenvalue weighted by Gasteiger charge is 2.28. The number of halogens is 1. The second-order valence-corrected chi connectivity index (χ2v) is 5.89. The van der Waals surface area contributed by atoms with Crippen LogP contribution in [0.3, 0.4) is 0 Å². The summed E-state index contributed by atoms with van der Waals surface area (Å²) in [6.07, 6.45) is 2.03. The lowest BCUT2D eigenvalue weighted by Crippen LogP contribution is -2.39. The summed E-state index contributed by atoms with van der Waals surface area (Å²) >= 11 is 5.92. The van der Waals surface area contributed by atoms with Crippen LogP contribution in [0.1, 0.15) is 38.7 Å². The molecule has 0 saturated heterocycles. The first kappa shape index (κ1) is 17.5. The first-order valence-corrected chi connectivity index (χ1v) is 7.50. The van der Waals surface area contributed by atoms with E-state index in [0.717, 1.165) is 16.4 Å². The molecule has 1 rings (SSSR count). The van der Waals surface area contributed by atoms with Gasteiger partial charge in [-0.2, -0.15) is 0 Å². The molecule has 0 unspecified atom stereocenters. The van der Waals surface area contributed by atoms with E-state index in [0.29, 0.717) is 12.8 Å². The van der Waals surface area contributed by atoms with Crippen molar-refractivity contribution in [2.24, 2.45) is 5.92 Å². The summed E-state index contributed by atoms with van der Waals surface area (Å²) in [5.41, 5.74) is 1.16. The van der Waals surface area contributed by atoms with Gasteiger partial charge in [0, 0.05) is 18.2 Å². The number of carboxylic acids is 1. The van der Waals surface area contributed by atoms with Crippen molar-refractivity contribution in [3.63, 3.8) is 0 Å². The molecule has 1 amide bonds. The molecule has 0 bridgehead atoms. The fourth-order valence-corrected chi connectivity index (χ4v) is 2.35. The fraction of sp³-hybridized carbons (Fsp3) is 0.500. The van der Waals surface area contributed by atoms with Crippen molar-refractivity contribution in [3.8, 4) is 0 Å². The van der Waals surface area contributed by atoms with E-state index in [9.17, 15) is 9.59 Å². The number of aryl methyl sites for hydroxylation is 1. The van der Waals surface area contributed by atoms with E-state index < -0.39 is 12.0 Å². The topological polar surface area (TPSA) is 57.6 Å². The number of hydrogen-bond acceptors (Lipinski definition) is 2. The average Bonchev–Trinajstić information content (AvgIpc) is 2.44. The van der Waals surface area contributed by atoms with Gasteiger partial charge in [0.1, 0.15) is 6.04 Å². The molecule has 1 atom stereocenters. The maximum Gasteiger partial charge on any atom is 0.327 e. The van der Waals surface area contributed by atoms with Gasteiger partial charge in [-0.15, -0.1) is 0 Å². The molecule has 0 aliphatic heterocycles. The van der Waals surface area contributed by atoms with Gasteiger partial charge < -0.3 is 5.11 Å². The molecule has 0 radical (unpaired) electrons. The minimum absolute atomic E-state index is 0.157. The van der Waals surface area contributed by atoms with E-state index in [4.69, 9.17) is 16.9 Å². The highest BCUT2D eigenvalue weighted by molar-refractivity contribution is 6.22. The molecule has 116 valence electrons. The maximum atomic E-state index is 12.0. The van der Waals surface area contributed by atoms with Crippen molar-refractivity contribution >= 4 is 23.7 Å². The van der Waals surface area contributed by atoms with Gasteiger partial charge in [-0.1, -0.05) is 44.2 Å². The Balaban J connectivity index is 2.47. The number of amides is 1. The molecule has 0 spiro atoms.